The molecular weight excluding hydrogens is 508 g/mol. The first-order valence-electron chi connectivity index (χ1n) is 13.8. The van der Waals surface area contributed by atoms with Crippen LogP contribution in [0.1, 0.15) is 98.2 Å². The van der Waals surface area contributed by atoms with Gasteiger partial charge in [-0.25, -0.2) is 22.9 Å². The van der Waals surface area contributed by atoms with Crippen molar-refractivity contribution in [3.63, 3.8) is 0 Å². The van der Waals surface area contributed by atoms with Crippen molar-refractivity contribution in [3.05, 3.63) is 41.1 Å². The smallest absolute Gasteiger partial charge is 0.276 e. The number of nitrogens with zero attached hydrogens (tertiary/aromatic N) is 5. The van der Waals surface area contributed by atoms with Gasteiger partial charge in [-0.3, -0.25) is 9.59 Å². The minimum atomic E-state index is -2.70. The molecule has 208 valence electrons. The second kappa shape index (κ2) is 9.95. The summed E-state index contributed by atoms with van der Waals surface area (Å²) in [4.78, 5) is 30.5. The van der Waals surface area contributed by atoms with Gasteiger partial charge in [-0.05, 0) is 67.1 Å². The maximum Gasteiger partial charge on any atom is 0.276 e. The van der Waals surface area contributed by atoms with E-state index in [4.69, 9.17) is 9.61 Å². The van der Waals surface area contributed by atoms with Crippen molar-refractivity contribution in [1.29, 1.82) is 0 Å². The van der Waals surface area contributed by atoms with Gasteiger partial charge in [0, 0.05) is 30.7 Å². The van der Waals surface area contributed by atoms with Gasteiger partial charge >= 0.3 is 0 Å². The average Bonchev–Trinajstić information content (AvgIpc) is 3.29. The second-order valence-electron chi connectivity index (χ2n) is 11.7. The van der Waals surface area contributed by atoms with Crippen LogP contribution >= 0.6 is 0 Å². The molecule has 2 N–H and O–H groups in total. The minimum absolute atomic E-state index is 0.0578. The third kappa shape index (κ3) is 5.38. The highest BCUT2D eigenvalue weighted by atomic mass is 19.3. The number of halogens is 2. The van der Waals surface area contributed by atoms with Gasteiger partial charge in [-0.15, -0.1) is 0 Å². The zero-order valence-electron chi connectivity index (χ0n) is 22.1. The Hall–Kier alpha value is -3.44. The molecule has 39 heavy (non-hydrogen) atoms. The maximum atomic E-state index is 14.0. The third-order valence-corrected chi connectivity index (χ3v) is 8.45. The summed E-state index contributed by atoms with van der Waals surface area (Å²) in [5, 5.41) is 18.3. The molecule has 6 rings (SSSR count). The van der Waals surface area contributed by atoms with Crippen molar-refractivity contribution in [2.75, 3.05) is 0 Å². The Labute approximate surface area is 224 Å². The lowest BCUT2D eigenvalue weighted by molar-refractivity contribution is -0.122. The monoisotopic (exact) mass is 541 g/mol. The molecule has 0 aromatic carbocycles. The largest absolute Gasteiger partial charge is 0.353 e. The van der Waals surface area contributed by atoms with Gasteiger partial charge in [-0.1, -0.05) is 19.0 Å². The zero-order valence-corrected chi connectivity index (χ0v) is 22.1. The van der Waals surface area contributed by atoms with Crippen LogP contribution < -0.4 is 10.6 Å². The number of rotatable bonds is 8. The number of amides is 2. The van der Waals surface area contributed by atoms with Crippen LogP contribution in [0.25, 0.3) is 5.65 Å². The van der Waals surface area contributed by atoms with Crippen LogP contribution in [0, 0.1) is 17.8 Å². The first-order valence-corrected chi connectivity index (χ1v) is 13.8. The number of hydrogen-bond acceptors (Lipinski definition) is 7. The Morgan fingerprint density at radius 1 is 1.23 bits per heavy atom. The summed E-state index contributed by atoms with van der Waals surface area (Å²) in [5.41, 5.74) is 2.69. The van der Waals surface area contributed by atoms with Crippen molar-refractivity contribution < 1.29 is 23.0 Å². The normalized spacial score (nSPS) is 24.3. The van der Waals surface area contributed by atoms with Crippen LogP contribution in [-0.2, 0) is 11.2 Å². The first-order chi connectivity index (χ1) is 18.7. The SMILES string of the molecule is CC(C)[C@H]1C[C@@H](Cc2cnn3cc([C@@H](NC(=O)c4nonc4C4CC4)C4CCC(F)(F)CC4)nc3c2)C(=O)N1. The van der Waals surface area contributed by atoms with E-state index in [2.05, 4.69) is 39.9 Å². The molecule has 3 aromatic rings. The molecule has 0 spiro atoms. The molecule has 4 heterocycles. The highest BCUT2D eigenvalue weighted by molar-refractivity contribution is 5.93. The first kappa shape index (κ1) is 25.8. The molecular formula is C27H33F2N7O3. The van der Waals surface area contributed by atoms with Gasteiger partial charge in [0.2, 0.25) is 11.8 Å². The number of hydrogen-bond donors (Lipinski definition) is 2. The summed E-state index contributed by atoms with van der Waals surface area (Å²) < 4.78 is 34.4. The Kier molecular flexibility index (Phi) is 6.58. The fourth-order valence-electron chi connectivity index (χ4n) is 5.88. The molecule has 3 aromatic heterocycles. The molecule has 2 saturated carbocycles. The number of nitrogens with one attached hydrogen (secondary N) is 2. The minimum Gasteiger partial charge on any atom is -0.353 e. The molecule has 2 aliphatic carbocycles. The van der Waals surface area contributed by atoms with Crippen molar-refractivity contribution in [3.8, 4) is 0 Å². The molecule has 0 radical (unpaired) electrons. The van der Waals surface area contributed by atoms with E-state index in [0.717, 1.165) is 24.8 Å². The third-order valence-electron chi connectivity index (χ3n) is 8.45. The molecule has 10 nitrogen and oxygen atoms in total. The van der Waals surface area contributed by atoms with E-state index in [-0.39, 0.29) is 61.1 Å². The topological polar surface area (TPSA) is 127 Å². The summed E-state index contributed by atoms with van der Waals surface area (Å²) in [5.74, 6) is -2.90. The lowest BCUT2D eigenvalue weighted by Crippen LogP contribution is -2.37. The molecule has 1 aliphatic heterocycles. The Balaban J connectivity index is 1.25. The van der Waals surface area contributed by atoms with Crippen molar-refractivity contribution in [2.24, 2.45) is 17.8 Å². The summed E-state index contributed by atoms with van der Waals surface area (Å²) >= 11 is 0. The van der Waals surface area contributed by atoms with Crippen LogP contribution in [0.15, 0.2) is 23.1 Å². The average molecular weight is 542 g/mol. The summed E-state index contributed by atoms with van der Waals surface area (Å²) in [6.07, 6.45) is 6.69. The summed E-state index contributed by atoms with van der Waals surface area (Å²) in [6.45, 7) is 4.20. The molecule has 0 unspecified atom stereocenters. The highest BCUT2D eigenvalue weighted by Gasteiger charge is 2.41. The second-order valence-corrected chi connectivity index (χ2v) is 11.7. The number of carbonyl (C=O) groups is 2. The maximum absolute atomic E-state index is 14.0. The molecule has 3 atom stereocenters. The summed E-state index contributed by atoms with van der Waals surface area (Å²) in [6, 6.07) is 1.47. The Morgan fingerprint density at radius 3 is 2.69 bits per heavy atom. The standard InChI is InChI=1S/C27H33F2N7O3/c1-14(2)19-11-18(25(37)32-19)9-15-10-21-31-20(13-36(21)30-12-15)22(17-5-7-27(28,29)8-6-17)33-26(38)24-23(16-3-4-16)34-39-35-24/h10,12-14,16-19,22H,3-9,11H2,1-2H3,(H,32,37)(H,33,38)/t18-,19-,22+/m1/s1. The van der Waals surface area contributed by atoms with Crippen LogP contribution in [0.4, 0.5) is 8.78 Å². The number of aromatic nitrogens is 5. The molecule has 3 aliphatic rings. The summed E-state index contributed by atoms with van der Waals surface area (Å²) in [7, 11) is 0. The molecule has 3 fully saturated rings. The number of alkyl halides is 2. The van der Waals surface area contributed by atoms with Crippen LogP contribution in [0.5, 0.6) is 0 Å². The van der Waals surface area contributed by atoms with E-state index in [1.54, 1.807) is 16.9 Å². The number of imidazole rings is 1. The van der Waals surface area contributed by atoms with Crippen molar-refractivity contribution in [2.45, 2.75) is 89.1 Å². The molecule has 1 saturated heterocycles. The van der Waals surface area contributed by atoms with Gasteiger partial charge in [0.15, 0.2) is 11.3 Å². The fourth-order valence-corrected chi connectivity index (χ4v) is 5.88. The van der Waals surface area contributed by atoms with Gasteiger partial charge in [-0.2, -0.15) is 5.10 Å². The van der Waals surface area contributed by atoms with Crippen LogP contribution in [0.3, 0.4) is 0 Å². The molecule has 2 amide bonds. The number of carbonyl (C=O) groups excluding carboxylic acids is 2. The molecule has 12 heteroatoms. The quantitative estimate of drug-likeness (QED) is 0.441. The van der Waals surface area contributed by atoms with E-state index in [1.165, 1.54) is 0 Å². The lowest BCUT2D eigenvalue weighted by atomic mass is 9.81. The van der Waals surface area contributed by atoms with Crippen molar-refractivity contribution >= 4 is 17.5 Å². The number of fused-ring (bicyclic) bond motifs is 1. The highest BCUT2D eigenvalue weighted by Crippen LogP contribution is 2.42. The molecule has 0 bridgehead atoms. The fraction of sp³-hybridized carbons (Fsp3) is 0.630. The zero-order chi connectivity index (χ0) is 27.3. The van der Waals surface area contributed by atoms with Crippen LogP contribution in [0.2, 0.25) is 0 Å². The van der Waals surface area contributed by atoms with Crippen molar-refractivity contribution in [1.82, 2.24) is 35.5 Å². The van der Waals surface area contributed by atoms with E-state index >= 15 is 0 Å². The van der Waals surface area contributed by atoms with E-state index < -0.39 is 17.9 Å². The van der Waals surface area contributed by atoms with Gasteiger partial charge < -0.3 is 10.6 Å². The lowest BCUT2D eigenvalue weighted by Gasteiger charge is -2.33. The Bertz CT molecular complexity index is 1370. The van der Waals surface area contributed by atoms with E-state index in [0.29, 0.717) is 29.4 Å². The van der Waals surface area contributed by atoms with Crippen LogP contribution in [-0.4, -0.2) is 48.7 Å². The predicted octanol–water partition coefficient (Wildman–Crippen LogP) is 3.99. The van der Waals surface area contributed by atoms with E-state index in [9.17, 15) is 18.4 Å². The van der Waals surface area contributed by atoms with Gasteiger partial charge in [0.25, 0.3) is 5.91 Å². The van der Waals surface area contributed by atoms with Gasteiger partial charge in [0.05, 0.1) is 24.1 Å². The predicted molar refractivity (Wildman–Crippen MR) is 135 cm³/mol. The Morgan fingerprint density at radius 2 is 2.00 bits per heavy atom. The van der Waals surface area contributed by atoms with E-state index in [1.807, 2.05) is 6.07 Å². The van der Waals surface area contributed by atoms with Gasteiger partial charge in [0.1, 0.15) is 5.69 Å².